The molecule has 2 aromatic carbocycles. The maximum absolute atomic E-state index is 14.1. The number of hydrogen-bond donors (Lipinski definition) is 0. The van der Waals surface area contributed by atoms with E-state index < -0.39 is 34.2 Å². The molecule has 1 aliphatic rings. The van der Waals surface area contributed by atoms with Crippen LogP contribution in [0.3, 0.4) is 0 Å². The number of aromatic nitrogens is 1. The van der Waals surface area contributed by atoms with Gasteiger partial charge in [0.2, 0.25) is 0 Å². The van der Waals surface area contributed by atoms with Crippen molar-refractivity contribution in [2.45, 2.75) is 11.4 Å². The quantitative estimate of drug-likeness (QED) is 0.669. The molecule has 1 aliphatic heterocycles. The number of amides is 2. The third kappa shape index (κ3) is 2.89. The van der Waals surface area contributed by atoms with E-state index in [1.165, 1.54) is 48.7 Å². The molecule has 0 saturated heterocycles. The molecule has 0 N–H and O–H groups in total. The first-order valence-electron chi connectivity index (χ1n) is 8.20. The fraction of sp³-hybridized carbons (Fsp3) is 0.0526. The predicted molar refractivity (Wildman–Crippen MR) is 97.3 cm³/mol. The van der Waals surface area contributed by atoms with Crippen molar-refractivity contribution in [1.29, 1.82) is 0 Å². The van der Waals surface area contributed by atoms with Crippen LogP contribution in [0.1, 0.15) is 5.56 Å². The van der Waals surface area contributed by atoms with Crippen molar-refractivity contribution in [1.82, 2.24) is 9.29 Å². The second-order valence-corrected chi connectivity index (χ2v) is 7.85. The lowest BCUT2D eigenvalue weighted by atomic mass is 10.2. The Morgan fingerprint density at radius 3 is 2.36 bits per heavy atom. The Bertz CT molecular complexity index is 1170. The highest BCUT2D eigenvalue weighted by atomic mass is 32.2. The third-order valence-electron chi connectivity index (χ3n) is 4.29. The van der Waals surface area contributed by atoms with Crippen molar-refractivity contribution in [3.8, 4) is 0 Å². The summed E-state index contributed by atoms with van der Waals surface area (Å²) < 4.78 is 54.0. The first kappa shape index (κ1) is 18.1. The lowest BCUT2D eigenvalue weighted by molar-refractivity contribution is 0.228. The standard InChI is InChI=1S/C19H13F2N3O3S/c20-14-7-9-15(10-8-14)24-18-17(6-3-11-22-18)28(26,27)23(19(24)25)12-13-4-1-2-5-16(13)21/h1-11H,12H2. The lowest BCUT2D eigenvalue weighted by Gasteiger charge is -2.35. The zero-order valence-electron chi connectivity index (χ0n) is 14.3. The summed E-state index contributed by atoms with van der Waals surface area (Å²) in [6, 6.07) is 12.4. The van der Waals surface area contributed by atoms with E-state index in [9.17, 15) is 22.0 Å². The fourth-order valence-corrected chi connectivity index (χ4v) is 4.39. The van der Waals surface area contributed by atoms with Gasteiger partial charge < -0.3 is 0 Å². The molecule has 6 nitrogen and oxygen atoms in total. The molecule has 0 aliphatic carbocycles. The van der Waals surface area contributed by atoms with Gasteiger partial charge in [-0.2, -0.15) is 0 Å². The average molecular weight is 401 g/mol. The number of halogens is 2. The highest BCUT2D eigenvalue weighted by Gasteiger charge is 2.43. The fourth-order valence-electron chi connectivity index (χ4n) is 2.93. The van der Waals surface area contributed by atoms with E-state index in [4.69, 9.17) is 0 Å². The number of urea groups is 1. The largest absolute Gasteiger partial charge is 0.344 e. The van der Waals surface area contributed by atoms with Crippen molar-refractivity contribution in [3.63, 3.8) is 0 Å². The Balaban J connectivity index is 1.88. The van der Waals surface area contributed by atoms with Crippen LogP contribution in [0, 0.1) is 11.6 Å². The minimum Gasteiger partial charge on any atom is -0.246 e. The molecule has 142 valence electrons. The molecule has 2 heterocycles. The summed E-state index contributed by atoms with van der Waals surface area (Å²) in [6.07, 6.45) is 1.35. The zero-order chi connectivity index (χ0) is 19.9. The van der Waals surface area contributed by atoms with Gasteiger partial charge in [0, 0.05) is 11.8 Å². The van der Waals surface area contributed by atoms with Gasteiger partial charge in [0.05, 0.1) is 12.2 Å². The number of benzene rings is 2. The molecule has 1 aromatic heterocycles. The highest BCUT2D eigenvalue weighted by Crippen LogP contribution is 2.38. The summed E-state index contributed by atoms with van der Waals surface area (Å²) in [5.41, 5.74) is 0.283. The lowest BCUT2D eigenvalue weighted by Crippen LogP contribution is -2.48. The normalized spacial score (nSPS) is 15.4. The monoisotopic (exact) mass is 401 g/mol. The Hall–Kier alpha value is -3.33. The minimum atomic E-state index is -4.26. The first-order valence-corrected chi connectivity index (χ1v) is 9.64. The number of hydrogen-bond acceptors (Lipinski definition) is 4. The summed E-state index contributed by atoms with van der Waals surface area (Å²) in [6.45, 7) is -0.486. The van der Waals surface area contributed by atoms with Gasteiger partial charge in [-0.3, -0.25) is 0 Å². The van der Waals surface area contributed by atoms with E-state index in [-0.39, 0.29) is 22.0 Å². The Morgan fingerprint density at radius 1 is 0.929 bits per heavy atom. The van der Waals surface area contributed by atoms with Crippen molar-refractivity contribution in [3.05, 3.63) is 84.1 Å². The van der Waals surface area contributed by atoms with Crippen LogP contribution in [0.25, 0.3) is 0 Å². The highest BCUT2D eigenvalue weighted by molar-refractivity contribution is 7.90. The van der Waals surface area contributed by atoms with Crippen LogP contribution in [0.4, 0.5) is 25.1 Å². The van der Waals surface area contributed by atoms with Gasteiger partial charge in [-0.25, -0.2) is 36.2 Å². The van der Waals surface area contributed by atoms with Gasteiger partial charge in [-0.05, 0) is 42.5 Å². The van der Waals surface area contributed by atoms with Crippen molar-refractivity contribution in [2.75, 3.05) is 4.90 Å². The van der Waals surface area contributed by atoms with Crippen LogP contribution in [-0.4, -0.2) is 23.7 Å². The van der Waals surface area contributed by atoms with Gasteiger partial charge >= 0.3 is 6.03 Å². The smallest absolute Gasteiger partial charge is 0.246 e. The zero-order valence-corrected chi connectivity index (χ0v) is 15.1. The topological polar surface area (TPSA) is 70.6 Å². The molecule has 4 rings (SSSR count). The van der Waals surface area contributed by atoms with E-state index in [2.05, 4.69) is 4.98 Å². The number of anilines is 2. The number of pyridine rings is 1. The number of rotatable bonds is 3. The second kappa shape index (κ2) is 6.68. The van der Waals surface area contributed by atoms with Gasteiger partial charge in [0.25, 0.3) is 10.0 Å². The van der Waals surface area contributed by atoms with Gasteiger partial charge in [-0.15, -0.1) is 0 Å². The number of fused-ring (bicyclic) bond motifs is 1. The van der Waals surface area contributed by atoms with Gasteiger partial charge in [0.15, 0.2) is 5.82 Å². The molecule has 0 atom stereocenters. The van der Waals surface area contributed by atoms with Crippen LogP contribution in [0.5, 0.6) is 0 Å². The molecule has 0 saturated carbocycles. The first-order chi connectivity index (χ1) is 13.4. The number of carbonyl (C=O) groups is 1. The maximum Gasteiger partial charge on any atom is 0.344 e. The summed E-state index contributed by atoms with van der Waals surface area (Å²) >= 11 is 0. The van der Waals surface area contributed by atoms with E-state index in [1.54, 1.807) is 6.07 Å². The summed E-state index contributed by atoms with van der Waals surface area (Å²) in [5, 5.41) is 0. The predicted octanol–water partition coefficient (Wildman–Crippen LogP) is 3.82. The second-order valence-electron chi connectivity index (χ2n) is 6.02. The molecule has 28 heavy (non-hydrogen) atoms. The molecular formula is C19H13F2N3O3S. The molecule has 0 bridgehead atoms. The maximum atomic E-state index is 14.1. The number of carbonyl (C=O) groups excluding carboxylic acids is 1. The summed E-state index contributed by atoms with van der Waals surface area (Å²) in [4.78, 5) is 18.0. The average Bonchev–Trinajstić information content (AvgIpc) is 2.68. The summed E-state index contributed by atoms with van der Waals surface area (Å²) in [5.74, 6) is -1.23. The Kier molecular flexibility index (Phi) is 4.31. The van der Waals surface area contributed by atoms with E-state index in [0.717, 1.165) is 17.0 Å². The molecule has 3 aromatic rings. The SMILES string of the molecule is O=C1N(c2ccc(F)cc2)c2ncccc2S(=O)(=O)N1Cc1ccccc1F. The molecule has 0 radical (unpaired) electrons. The molecule has 2 amide bonds. The molecule has 0 fully saturated rings. The van der Waals surface area contributed by atoms with Crippen molar-refractivity contribution >= 4 is 27.6 Å². The van der Waals surface area contributed by atoms with Crippen molar-refractivity contribution in [2.24, 2.45) is 0 Å². The van der Waals surface area contributed by atoms with E-state index in [0.29, 0.717) is 4.31 Å². The molecule has 9 heteroatoms. The third-order valence-corrected chi connectivity index (χ3v) is 6.03. The van der Waals surface area contributed by atoms with Crippen LogP contribution in [0.15, 0.2) is 71.8 Å². The van der Waals surface area contributed by atoms with Crippen LogP contribution >= 0.6 is 0 Å². The van der Waals surface area contributed by atoms with Crippen LogP contribution < -0.4 is 4.90 Å². The molecular weight excluding hydrogens is 388 g/mol. The Morgan fingerprint density at radius 2 is 1.64 bits per heavy atom. The minimum absolute atomic E-state index is 0.0471. The van der Waals surface area contributed by atoms with Gasteiger partial charge in [-0.1, -0.05) is 18.2 Å². The number of nitrogens with zero attached hydrogens (tertiary/aromatic N) is 3. The molecule has 0 unspecified atom stereocenters. The van der Waals surface area contributed by atoms with Gasteiger partial charge in [0.1, 0.15) is 16.5 Å². The summed E-state index contributed by atoms with van der Waals surface area (Å²) in [7, 11) is -4.26. The molecule has 0 spiro atoms. The van der Waals surface area contributed by atoms with E-state index >= 15 is 0 Å². The number of sulfonamides is 1. The van der Waals surface area contributed by atoms with Crippen molar-refractivity contribution < 1.29 is 22.0 Å². The van der Waals surface area contributed by atoms with Crippen LogP contribution in [-0.2, 0) is 16.6 Å². The van der Waals surface area contributed by atoms with Crippen LogP contribution in [0.2, 0.25) is 0 Å². The Labute approximate surface area is 159 Å². The van der Waals surface area contributed by atoms with E-state index in [1.807, 2.05) is 0 Å².